The first-order valence-corrected chi connectivity index (χ1v) is 10.6. The van der Waals surface area contributed by atoms with E-state index in [1.165, 1.54) is 19.3 Å². The van der Waals surface area contributed by atoms with E-state index in [9.17, 15) is 8.42 Å². The van der Waals surface area contributed by atoms with Crippen molar-refractivity contribution in [2.75, 3.05) is 22.7 Å². The van der Waals surface area contributed by atoms with Crippen LogP contribution < -0.4 is 14.4 Å². The molecule has 1 fully saturated rings. The molecular weight excluding hydrogens is 348 g/mol. The lowest BCUT2D eigenvalue weighted by atomic mass is 10.1. The minimum atomic E-state index is -3.62. The van der Waals surface area contributed by atoms with Crippen LogP contribution in [0.4, 0.5) is 11.4 Å². The lowest BCUT2D eigenvalue weighted by molar-refractivity contribution is 0.242. The fraction of sp³-hybridized carbons (Fsp3) is 0.400. The van der Waals surface area contributed by atoms with Crippen molar-refractivity contribution in [1.29, 1.82) is 0 Å². The summed E-state index contributed by atoms with van der Waals surface area (Å²) in [5, 5.41) is 0. The summed E-state index contributed by atoms with van der Waals surface area (Å²) in [5.74, 6) is 0.657. The van der Waals surface area contributed by atoms with Gasteiger partial charge >= 0.3 is 0 Å². The minimum absolute atomic E-state index is 0.0500. The average molecular weight is 375 g/mol. The lowest BCUT2D eigenvalue weighted by Gasteiger charge is -2.28. The van der Waals surface area contributed by atoms with E-state index in [2.05, 4.69) is 9.62 Å². The van der Waals surface area contributed by atoms with Crippen molar-refractivity contribution in [3.8, 4) is 5.75 Å². The van der Waals surface area contributed by atoms with Gasteiger partial charge in [-0.05, 0) is 81.6 Å². The molecule has 0 atom stereocenters. The smallest absolute Gasteiger partial charge is 0.261 e. The van der Waals surface area contributed by atoms with Crippen LogP contribution in [0.5, 0.6) is 5.75 Å². The highest BCUT2D eigenvalue weighted by molar-refractivity contribution is 7.92. The number of nitrogens with zero attached hydrogens (tertiary/aromatic N) is 1. The van der Waals surface area contributed by atoms with Crippen molar-refractivity contribution in [3.05, 3.63) is 48.5 Å². The van der Waals surface area contributed by atoms with Crippen LogP contribution in [-0.4, -0.2) is 27.6 Å². The Morgan fingerprint density at radius 3 is 2.12 bits per heavy atom. The van der Waals surface area contributed by atoms with Gasteiger partial charge in [0.05, 0.1) is 11.0 Å². The topological polar surface area (TPSA) is 58.6 Å². The van der Waals surface area contributed by atoms with Crippen LogP contribution in [0.2, 0.25) is 0 Å². The molecule has 0 radical (unpaired) electrons. The minimum Gasteiger partial charge on any atom is -0.491 e. The molecule has 3 rings (SSSR count). The number of hydrogen-bond donors (Lipinski definition) is 1. The largest absolute Gasteiger partial charge is 0.491 e. The van der Waals surface area contributed by atoms with Crippen LogP contribution >= 0.6 is 0 Å². The van der Waals surface area contributed by atoms with Gasteiger partial charge in [-0.3, -0.25) is 4.72 Å². The highest BCUT2D eigenvalue weighted by Crippen LogP contribution is 2.24. The predicted molar refractivity (Wildman–Crippen MR) is 106 cm³/mol. The normalized spacial score (nSPS) is 15.1. The van der Waals surface area contributed by atoms with Crippen molar-refractivity contribution in [1.82, 2.24) is 0 Å². The number of nitrogens with one attached hydrogen (secondary N) is 1. The molecule has 6 heteroatoms. The molecule has 1 N–H and O–H groups in total. The average Bonchev–Trinajstić information content (AvgIpc) is 2.63. The first-order chi connectivity index (χ1) is 12.4. The molecule has 1 saturated heterocycles. The van der Waals surface area contributed by atoms with Crippen molar-refractivity contribution in [3.63, 3.8) is 0 Å². The van der Waals surface area contributed by atoms with E-state index in [4.69, 9.17) is 4.74 Å². The number of hydrogen-bond acceptors (Lipinski definition) is 4. The quantitative estimate of drug-likeness (QED) is 0.820. The van der Waals surface area contributed by atoms with Crippen molar-refractivity contribution >= 4 is 21.4 Å². The van der Waals surface area contributed by atoms with Gasteiger partial charge in [-0.1, -0.05) is 0 Å². The zero-order valence-corrected chi connectivity index (χ0v) is 16.1. The van der Waals surface area contributed by atoms with Crippen LogP contribution in [0.3, 0.4) is 0 Å². The summed E-state index contributed by atoms with van der Waals surface area (Å²) in [6.45, 7) is 5.99. The summed E-state index contributed by atoms with van der Waals surface area (Å²) < 4.78 is 33.3. The SMILES string of the molecule is CC(C)Oc1ccc(S(=O)(=O)Nc2ccc(N3CCCCC3)cc2)cc1. The molecule has 1 aliphatic heterocycles. The van der Waals surface area contributed by atoms with Crippen LogP contribution in [0, 0.1) is 0 Å². The Morgan fingerprint density at radius 1 is 0.923 bits per heavy atom. The van der Waals surface area contributed by atoms with Crippen molar-refractivity contribution < 1.29 is 13.2 Å². The monoisotopic (exact) mass is 374 g/mol. The number of anilines is 2. The van der Waals surface area contributed by atoms with Gasteiger partial charge in [0.25, 0.3) is 10.0 Å². The van der Waals surface area contributed by atoms with Crippen LogP contribution in [0.1, 0.15) is 33.1 Å². The summed E-state index contributed by atoms with van der Waals surface area (Å²) in [7, 11) is -3.62. The van der Waals surface area contributed by atoms with Crippen molar-refractivity contribution in [2.45, 2.75) is 44.1 Å². The lowest BCUT2D eigenvalue weighted by Crippen LogP contribution is -2.29. The number of ether oxygens (including phenoxy) is 1. The van der Waals surface area contributed by atoms with E-state index < -0.39 is 10.0 Å². The molecule has 0 spiro atoms. The maximum atomic E-state index is 12.6. The molecule has 5 nitrogen and oxygen atoms in total. The molecule has 0 amide bonds. The zero-order valence-electron chi connectivity index (χ0n) is 15.3. The molecular formula is C20H26N2O3S. The molecule has 2 aromatic carbocycles. The third-order valence-corrected chi connectivity index (χ3v) is 5.74. The van der Waals surface area contributed by atoms with E-state index >= 15 is 0 Å². The first kappa shape index (κ1) is 18.6. The van der Waals surface area contributed by atoms with E-state index in [-0.39, 0.29) is 11.0 Å². The molecule has 2 aromatic rings. The van der Waals surface area contributed by atoms with Crippen LogP contribution in [0.15, 0.2) is 53.4 Å². The Morgan fingerprint density at radius 2 is 1.54 bits per heavy atom. The summed E-state index contributed by atoms with van der Waals surface area (Å²) in [6, 6.07) is 14.0. The molecule has 1 heterocycles. The zero-order chi connectivity index (χ0) is 18.6. The van der Waals surface area contributed by atoms with Gasteiger partial charge in [0, 0.05) is 24.5 Å². The highest BCUT2D eigenvalue weighted by Gasteiger charge is 2.15. The second kappa shape index (κ2) is 7.99. The summed E-state index contributed by atoms with van der Waals surface area (Å²) in [5.41, 5.74) is 1.70. The Hall–Kier alpha value is -2.21. The van der Waals surface area contributed by atoms with Gasteiger partial charge < -0.3 is 9.64 Å². The second-order valence-electron chi connectivity index (χ2n) is 6.84. The van der Waals surface area contributed by atoms with Crippen LogP contribution in [0.25, 0.3) is 0 Å². The van der Waals surface area contributed by atoms with E-state index in [0.717, 1.165) is 18.8 Å². The molecule has 0 unspecified atom stereocenters. The molecule has 0 saturated carbocycles. The highest BCUT2D eigenvalue weighted by atomic mass is 32.2. The van der Waals surface area contributed by atoms with E-state index in [0.29, 0.717) is 11.4 Å². The van der Waals surface area contributed by atoms with E-state index in [1.54, 1.807) is 24.3 Å². The van der Waals surface area contributed by atoms with Gasteiger partial charge in [0.15, 0.2) is 0 Å². The maximum absolute atomic E-state index is 12.6. The third-order valence-electron chi connectivity index (χ3n) is 4.35. The predicted octanol–water partition coefficient (Wildman–Crippen LogP) is 4.26. The maximum Gasteiger partial charge on any atom is 0.261 e. The number of piperidine rings is 1. The fourth-order valence-corrected chi connectivity index (χ4v) is 4.13. The fourth-order valence-electron chi connectivity index (χ4n) is 3.08. The third kappa shape index (κ3) is 4.69. The van der Waals surface area contributed by atoms with Gasteiger partial charge in [-0.15, -0.1) is 0 Å². The molecule has 26 heavy (non-hydrogen) atoms. The van der Waals surface area contributed by atoms with Gasteiger partial charge in [0.2, 0.25) is 0 Å². The first-order valence-electron chi connectivity index (χ1n) is 9.08. The summed E-state index contributed by atoms with van der Waals surface area (Å²) >= 11 is 0. The number of benzene rings is 2. The molecule has 0 aromatic heterocycles. The number of sulfonamides is 1. The van der Waals surface area contributed by atoms with Crippen LogP contribution in [-0.2, 0) is 10.0 Å². The standard InChI is InChI=1S/C20H26N2O3S/c1-16(2)25-19-10-12-20(13-11-19)26(23,24)21-17-6-8-18(9-7-17)22-14-4-3-5-15-22/h6-13,16,21H,3-5,14-15H2,1-2H3. The Balaban J connectivity index is 1.68. The Bertz CT molecular complexity index is 809. The van der Waals surface area contributed by atoms with Gasteiger partial charge in [0.1, 0.15) is 5.75 Å². The molecule has 1 aliphatic rings. The van der Waals surface area contributed by atoms with E-state index in [1.807, 2.05) is 38.1 Å². The molecule has 0 aliphatic carbocycles. The van der Waals surface area contributed by atoms with Gasteiger partial charge in [-0.25, -0.2) is 8.42 Å². The van der Waals surface area contributed by atoms with Gasteiger partial charge in [-0.2, -0.15) is 0 Å². The Kier molecular flexibility index (Phi) is 5.71. The molecule has 140 valence electrons. The Labute approximate surface area is 156 Å². The molecule has 0 bridgehead atoms. The summed E-state index contributed by atoms with van der Waals surface area (Å²) in [6.07, 6.45) is 3.76. The number of rotatable bonds is 6. The second-order valence-corrected chi connectivity index (χ2v) is 8.52. The van der Waals surface area contributed by atoms with Crippen molar-refractivity contribution in [2.24, 2.45) is 0 Å². The summed E-state index contributed by atoms with van der Waals surface area (Å²) in [4.78, 5) is 2.56.